The van der Waals surface area contributed by atoms with Crippen LogP contribution in [0.3, 0.4) is 0 Å². The number of hydrogen-bond acceptors (Lipinski definition) is 4. The van der Waals surface area contributed by atoms with E-state index in [1.165, 1.54) is 11.0 Å². The van der Waals surface area contributed by atoms with Gasteiger partial charge < -0.3 is 14.4 Å². The van der Waals surface area contributed by atoms with Gasteiger partial charge >= 0.3 is 0 Å². The second-order valence-electron chi connectivity index (χ2n) is 6.76. The summed E-state index contributed by atoms with van der Waals surface area (Å²) in [5.41, 5.74) is 2.00. The van der Waals surface area contributed by atoms with E-state index in [4.69, 9.17) is 16.1 Å². The van der Waals surface area contributed by atoms with Gasteiger partial charge in [0.15, 0.2) is 5.82 Å². The van der Waals surface area contributed by atoms with E-state index in [1.54, 1.807) is 31.3 Å². The molecule has 0 spiro atoms. The molecule has 0 bridgehead atoms. The molecule has 8 heteroatoms. The van der Waals surface area contributed by atoms with E-state index < -0.39 is 0 Å². The predicted molar refractivity (Wildman–Crippen MR) is 108 cm³/mol. The Morgan fingerprint density at radius 3 is 2.90 bits per heavy atom. The summed E-state index contributed by atoms with van der Waals surface area (Å²) < 4.78 is 19.1. The molecule has 0 aliphatic rings. The number of aromatic nitrogens is 3. The number of benzene rings is 2. The van der Waals surface area contributed by atoms with Crippen LogP contribution in [0.1, 0.15) is 11.4 Å². The van der Waals surface area contributed by atoms with Crippen LogP contribution in [0.15, 0.2) is 53.1 Å². The third kappa shape index (κ3) is 4.30. The van der Waals surface area contributed by atoms with Gasteiger partial charge in [-0.15, -0.1) is 0 Å². The van der Waals surface area contributed by atoms with Gasteiger partial charge in [-0.25, -0.2) is 4.39 Å². The highest BCUT2D eigenvalue weighted by molar-refractivity contribution is 6.31. The van der Waals surface area contributed by atoms with Crippen LogP contribution in [-0.2, 0) is 17.6 Å². The van der Waals surface area contributed by atoms with Crippen LogP contribution in [0.4, 0.5) is 4.39 Å². The second-order valence-corrected chi connectivity index (χ2v) is 7.20. The molecule has 0 aliphatic carbocycles. The van der Waals surface area contributed by atoms with Crippen molar-refractivity contribution in [2.75, 3.05) is 13.6 Å². The van der Waals surface area contributed by atoms with Gasteiger partial charge in [0.1, 0.15) is 11.5 Å². The normalized spacial score (nSPS) is 11.1. The standard InChI is InChI=1S/C21H18ClFN4O2/c1-27(20(28)12-13-4-2-3-5-16(13)23)9-8-19-25-21(29-26-19)18-11-14-10-15(22)6-7-17(14)24-18/h2-7,10-11,24H,8-9,12H2,1H3. The number of rotatable bonds is 6. The molecule has 6 nitrogen and oxygen atoms in total. The Labute approximate surface area is 171 Å². The minimum Gasteiger partial charge on any atom is -0.351 e. The first-order valence-electron chi connectivity index (χ1n) is 9.08. The monoisotopic (exact) mass is 412 g/mol. The maximum atomic E-state index is 13.7. The van der Waals surface area contributed by atoms with E-state index in [0.717, 1.165) is 10.9 Å². The topological polar surface area (TPSA) is 75.0 Å². The summed E-state index contributed by atoms with van der Waals surface area (Å²) in [5.74, 6) is 0.304. The van der Waals surface area contributed by atoms with Gasteiger partial charge in [-0.1, -0.05) is 35.0 Å². The lowest BCUT2D eigenvalue weighted by molar-refractivity contribution is -0.129. The number of carbonyl (C=O) groups excluding carboxylic acids is 1. The summed E-state index contributed by atoms with van der Waals surface area (Å²) in [7, 11) is 1.67. The molecule has 29 heavy (non-hydrogen) atoms. The van der Waals surface area contributed by atoms with E-state index in [0.29, 0.717) is 41.0 Å². The number of nitrogens with one attached hydrogen (secondary N) is 1. The maximum Gasteiger partial charge on any atom is 0.274 e. The van der Waals surface area contributed by atoms with Gasteiger partial charge in [0.05, 0.1) is 6.42 Å². The lowest BCUT2D eigenvalue weighted by Gasteiger charge is -2.16. The number of aromatic amines is 1. The van der Waals surface area contributed by atoms with Gasteiger partial charge in [-0.3, -0.25) is 4.79 Å². The summed E-state index contributed by atoms with van der Waals surface area (Å²) in [4.78, 5) is 21.5. The molecule has 0 fully saturated rings. The molecule has 0 atom stereocenters. The highest BCUT2D eigenvalue weighted by Crippen LogP contribution is 2.25. The van der Waals surface area contributed by atoms with E-state index >= 15 is 0 Å². The first-order valence-corrected chi connectivity index (χ1v) is 9.46. The lowest BCUT2D eigenvalue weighted by Crippen LogP contribution is -2.30. The Kier molecular flexibility index (Phi) is 5.31. The SMILES string of the molecule is CN(CCc1noc(-c2cc3cc(Cl)ccc3[nH]2)n1)C(=O)Cc1ccccc1F. The molecule has 1 amide bonds. The molecule has 2 heterocycles. The largest absolute Gasteiger partial charge is 0.351 e. The molecule has 0 saturated heterocycles. The zero-order valence-corrected chi connectivity index (χ0v) is 16.4. The summed E-state index contributed by atoms with van der Waals surface area (Å²) >= 11 is 6.02. The second kappa shape index (κ2) is 8.05. The minimum absolute atomic E-state index is 0.0122. The van der Waals surface area contributed by atoms with E-state index in [-0.39, 0.29) is 18.1 Å². The minimum atomic E-state index is -0.378. The highest BCUT2D eigenvalue weighted by Gasteiger charge is 2.15. The van der Waals surface area contributed by atoms with Crippen molar-refractivity contribution in [1.29, 1.82) is 0 Å². The molecule has 1 N–H and O–H groups in total. The molecular weight excluding hydrogens is 395 g/mol. The lowest BCUT2D eigenvalue weighted by atomic mass is 10.1. The van der Waals surface area contributed by atoms with Gasteiger partial charge in [-0.05, 0) is 35.9 Å². The zero-order chi connectivity index (χ0) is 20.4. The molecule has 0 radical (unpaired) electrons. The number of likely N-dealkylation sites (N-methyl/N-ethyl adjacent to an activating group) is 1. The van der Waals surface area contributed by atoms with Crippen molar-refractivity contribution >= 4 is 28.4 Å². The molecule has 148 valence electrons. The maximum absolute atomic E-state index is 13.7. The third-order valence-corrected chi connectivity index (χ3v) is 4.91. The average Bonchev–Trinajstić information content (AvgIpc) is 3.34. The van der Waals surface area contributed by atoms with Crippen LogP contribution in [-0.4, -0.2) is 39.5 Å². The fraction of sp³-hybridized carbons (Fsp3) is 0.190. The number of hydrogen-bond donors (Lipinski definition) is 1. The molecule has 2 aromatic carbocycles. The number of carbonyl (C=O) groups is 1. The number of nitrogens with zero attached hydrogens (tertiary/aromatic N) is 3. The zero-order valence-electron chi connectivity index (χ0n) is 15.7. The number of halogens is 2. The van der Waals surface area contributed by atoms with Crippen LogP contribution < -0.4 is 0 Å². The predicted octanol–water partition coefficient (Wildman–Crippen LogP) is 4.25. The van der Waals surface area contributed by atoms with Crippen molar-refractivity contribution in [2.45, 2.75) is 12.8 Å². The van der Waals surface area contributed by atoms with Crippen molar-refractivity contribution in [1.82, 2.24) is 20.0 Å². The molecule has 4 rings (SSSR count). The van der Waals surface area contributed by atoms with Gasteiger partial charge in [-0.2, -0.15) is 4.98 Å². The molecule has 2 aromatic heterocycles. The Morgan fingerprint density at radius 2 is 2.07 bits per heavy atom. The molecule has 0 unspecified atom stereocenters. The summed E-state index contributed by atoms with van der Waals surface area (Å²) in [6.45, 7) is 0.397. The number of H-pyrrole nitrogens is 1. The Bertz CT molecular complexity index is 1170. The number of fused-ring (bicyclic) bond motifs is 1. The third-order valence-electron chi connectivity index (χ3n) is 4.68. The van der Waals surface area contributed by atoms with Crippen molar-refractivity contribution in [3.05, 3.63) is 70.8 Å². The first-order chi connectivity index (χ1) is 14.0. The quantitative estimate of drug-likeness (QED) is 0.513. The van der Waals surface area contributed by atoms with E-state index in [9.17, 15) is 9.18 Å². The van der Waals surface area contributed by atoms with Crippen LogP contribution in [0.5, 0.6) is 0 Å². The van der Waals surface area contributed by atoms with Crippen LogP contribution in [0.25, 0.3) is 22.5 Å². The molecular formula is C21H18ClFN4O2. The highest BCUT2D eigenvalue weighted by atomic mass is 35.5. The summed E-state index contributed by atoms with van der Waals surface area (Å²) in [5, 5.41) is 5.58. The Morgan fingerprint density at radius 1 is 1.24 bits per heavy atom. The van der Waals surface area contributed by atoms with Crippen molar-refractivity contribution in [3.8, 4) is 11.6 Å². The average molecular weight is 413 g/mol. The van der Waals surface area contributed by atoms with Crippen LogP contribution in [0, 0.1) is 5.82 Å². The summed E-state index contributed by atoms with van der Waals surface area (Å²) in [6, 6.07) is 13.7. The van der Waals surface area contributed by atoms with Crippen molar-refractivity contribution in [2.24, 2.45) is 0 Å². The van der Waals surface area contributed by atoms with E-state index in [2.05, 4.69) is 15.1 Å². The summed E-state index contributed by atoms with van der Waals surface area (Å²) in [6.07, 6.45) is 0.438. The van der Waals surface area contributed by atoms with Crippen molar-refractivity contribution < 1.29 is 13.7 Å². The molecule has 4 aromatic rings. The molecule has 0 saturated carbocycles. The van der Waals surface area contributed by atoms with Crippen LogP contribution in [0.2, 0.25) is 5.02 Å². The van der Waals surface area contributed by atoms with Crippen LogP contribution >= 0.6 is 11.6 Å². The molecule has 0 aliphatic heterocycles. The van der Waals surface area contributed by atoms with Gasteiger partial charge in [0, 0.05) is 35.9 Å². The van der Waals surface area contributed by atoms with E-state index in [1.807, 2.05) is 18.2 Å². The number of amides is 1. The Hall–Kier alpha value is -3.19. The Balaban J connectivity index is 1.38. The van der Waals surface area contributed by atoms with Gasteiger partial charge in [0.2, 0.25) is 5.91 Å². The smallest absolute Gasteiger partial charge is 0.274 e. The fourth-order valence-electron chi connectivity index (χ4n) is 3.02. The van der Waals surface area contributed by atoms with Gasteiger partial charge in [0.25, 0.3) is 5.89 Å². The van der Waals surface area contributed by atoms with Crippen molar-refractivity contribution in [3.63, 3.8) is 0 Å². The first kappa shape index (κ1) is 19.1. The fourth-order valence-corrected chi connectivity index (χ4v) is 3.20.